The molecule has 2 aromatic rings. The lowest BCUT2D eigenvalue weighted by molar-refractivity contribution is 0.0943. The van der Waals surface area contributed by atoms with Crippen LogP contribution in [0.25, 0.3) is 10.8 Å². The Bertz CT molecular complexity index is 863. The van der Waals surface area contributed by atoms with Gasteiger partial charge in [0.1, 0.15) is 0 Å². The van der Waals surface area contributed by atoms with Gasteiger partial charge in [0.25, 0.3) is 0 Å². The number of rotatable bonds is 5. The Kier molecular flexibility index (Phi) is 4.54. The van der Waals surface area contributed by atoms with Crippen molar-refractivity contribution >= 4 is 20.8 Å². The van der Waals surface area contributed by atoms with Gasteiger partial charge < -0.3 is 4.74 Å². The van der Waals surface area contributed by atoms with Crippen LogP contribution in [0.15, 0.2) is 42.5 Å². The van der Waals surface area contributed by atoms with Crippen molar-refractivity contribution in [3.8, 4) is 0 Å². The van der Waals surface area contributed by atoms with Crippen molar-refractivity contribution in [3.63, 3.8) is 0 Å². The zero-order chi connectivity index (χ0) is 17.4. The van der Waals surface area contributed by atoms with Crippen molar-refractivity contribution in [2.24, 2.45) is 11.8 Å². The molecule has 2 heterocycles. The van der Waals surface area contributed by atoms with Gasteiger partial charge >= 0.3 is 0 Å². The maximum absolute atomic E-state index is 11.3. The van der Waals surface area contributed by atoms with Crippen LogP contribution in [-0.4, -0.2) is 51.9 Å². The quantitative estimate of drug-likeness (QED) is 0.884. The van der Waals surface area contributed by atoms with Gasteiger partial charge in [-0.15, -0.1) is 0 Å². The second kappa shape index (κ2) is 6.68. The highest BCUT2D eigenvalue weighted by atomic mass is 32.2. The first kappa shape index (κ1) is 17.0. The minimum Gasteiger partial charge on any atom is -0.376 e. The van der Waals surface area contributed by atoms with Crippen molar-refractivity contribution in [2.45, 2.75) is 12.6 Å². The molecule has 5 nitrogen and oxygen atoms in total. The van der Waals surface area contributed by atoms with Gasteiger partial charge in [-0.2, -0.15) is 0 Å². The van der Waals surface area contributed by atoms with E-state index in [1.54, 1.807) is 0 Å². The molecule has 0 bridgehead atoms. The van der Waals surface area contributed by atoms with E-state index in [0.717, 1.165) is 19.6 Å². The number of hydrogen-bond donors (Lipinski definition) is 1. The summed E-state index contributed by atoms with van der Waals surface area (Å²) in [5, 5.41) is 2.57. The van der Waals surface area contributed by atoms with Crippen LogP contribution in [-0.2, 0) is 21.3 Å². The van der Waals surface area contributed by atoms with Crippen molar-refractivity contribution in [2.75, 3.05) is 32.5 Å². The van der Waals surface area contributed by atoms with Crippen LogP contribution in [0, 0.1) is 11.8 Å². The average molecular weight is 360 g/mol. The molecule has 2 aliphatic rings. The minimum absolute atomic E-state index is 0.223. The Labute approximate surface area is 149 Å². The molecule has 0 radical (unpaired) electrons. The molecule has 25 heavy (non-hydrogen) atoms. The molecule has 0 spiro atoms. The molecule has 2 saturated heterocycles. The predicted molar refractivity (Wildman–Crippen MR) is 98.8 cm³/mol. The van der Waals surface area contributed by atoms with E-state index in [0.29, 0.717) is 19.1 Å². The summed E-state index contributed by atoms with van der Waals surface area (Å²) in [4.78, 5) is 2.43. The summed E-state index contributed by atoms with van der Waals surface area (Å²) in [6.07, 6.45) is 1.43. The number of benzene rings is 2. The van der Waals surface area contributed by atoms with Crippen molar-refractivity contribution in [1.29, 1.82) is 0 Å². The Hall–Kier alpha value is -1.47. The molecular formula is C19H24N2O3S. The number of hydrogen-bond acceptors (Lipinski definition) is 4. The number of nitrogens with one attached hydrogen (secondary N) is 1. The van der Waals surface area contributed by atoms with Gasteiger partial charge in [-0.25, -0.2) is 13.1 Å². The highest BCUT2D eigenvalue weighted by molar-refractivity contribution is 7.88. The van der Waals surface area contributed by atoms with Crippen LogP contribution >= 0.6 is 0 Å². The summed E-state index contributed by atoms with van der Waals surface area (Å²) in [5.41, 5.74) is 1.34. The number of fused-ring (bicyclic) bond motifs is 2. The Morgan fingerprint density at radius 3 is 2.80 bits per heavy atom. The SMILES string of the molecule is CS(=O)(=O)NC[C@@H]1CO[C@@H]2CN(Cc3cccc4ccccc34)C[C@H]12. The molecule has 134 valence electrons. The standard InChI is InChI=1S/C19H24N2O3S/c1-25(22,23)20-9-16-13-24-19-12-21(11-18(16)19)10-15-7-4-6-14-5-2-3-8-17(14)15/h2-8,16,18-20H,9-13H2,1H3/t16-,18-,19-/m1/s1. The molecule has 6 heteroatoms. The lowest BCUT2D eigenvalue weighted by Crippen LogP contribution is -2.33. The third-order valence-electron chi connectivity index (χ3n) is 5.40. The Balaban J connectivity index is 1.44. The van der Waals surface area contributed by atoms with Gasteiger partial charge in [-0.05, 0) is 16.3 Å². The molecule has 0 aromatic heterocycles. The molecule has 2 aliphatic heterocycles. The first-order valence-electron chi connectivity index (χ1n) is 8.75. The zero-order valence-electron chi connectivity index (χ0n) is 14.4. The highest BCUT2D eigenvalue weighted by Gasteiger charge is 2.43. The smallest absolute Gasteiger partial charge is 0.208 e. The summed E-state index contributed by atoms with van der Waals surface area (Å²) in [6, 6.07) is 14.9. The van der Waals surface area contributed by atoms with E-state index < -0.39 is 10.0 Å². The maximum Gasteiger partial charge on any atom is 0.208 e. The monoisotopic (exact) mass is 360 g/mol. The molecular weight excluding hydrogens is 336 g/mol. The molecule has 3 atom stereocenters. The molecule has 0 saturated carbocycles. The Morgan fingerprint density at radius 2 is 1.96 bits per heavy atom. The second-order valence-electron chi connectivity index (χ2n) is 7.25. The summed E-state index contributed by atoms with van der Waals surface area (Å²) < 4.78 is 31.3. The van der Waals surface area contributed by atoms with E-state index >= 15 is 0 Å². The fourth-order valence-electron chi connectivity index (χ4n) is 4.15. The lowest BCUT2D eigenvalue weighted by Gasteiger charge is -2.20. The van der Waals surface area contributed by atoms with Crippen molar-refractivity contribution in [1.82, 2.24) is 9.62 Å². The lowest BCUT2D eigenvalue weighted by atomic mass is 9.93. The fourth-order valence-corrected chi connectivity index (χ4v) is 4.67. The van der Waals surface area contributed by atoms with Gasteiger partial charge in [0, 0.05) is 38.0 Å². The number of nitrogens with zero attached hydrogens (tertiary/aromatic N) is 1. The predicted octanol–water partition coefficient (Wildman–Crippen LogP) is 1.84. The summed E-state index contributed by atoms with van der Waals surface area (Å²) in [5.74, 6) is 0.668. The molecule has 2 aromatic carbocycles. The molecule has 2 fully saturated rings. The molecule has 0 aliphatic carbocycles. The maximum atomic E-state index is 11.3. The number of sulfonamides is 1. The van der Waals surface area contributed by atoms with Crippen LogP contribution in [0.2, 0.25) is 0 Å². The summed E-state index contributed by atoms with van der Waals surface area (Å²) in [7, 11) is -3.15. The van der Waals surface area contributed by atoms with Crippen LogP contribution in [0.5, 0.6) is 0 Å². The first-order valence-corrected chi connectivity index (χ1v) is 10.6. The van der Waals surface area contributed by atoms with Gasteiger partial charge in [-0.3, -0.25) is 4.90 Å². The van der Waals surface area contributed by atoms with Crippen LogP contribution < -0.4 is 4.72 Å². The van der Waals surface area contributed by atoms with Gasteiger partial charge in [0.2, 0.25) is 10.0 Å². The van der Waals surface area contributed by atoms with E-state index in [1.165, 1.54) is 22.6 Å². The zero-order valence-corrected chi connectivity index (χ0v) is 15.2. The third-order valence-corrected chi connectivity index (χ3v) is 6.09. The third kappa shape index (κ3) is 3.72. The molecule has 0 unspecified atom stereocenters. The summed E-state index contributed by atoms with van der Waals surface area (Å²) >= 11 is 0. The van der Waals surface area contributed by atoms with Crippen LogP contribution in [0.3, 0.4) is 0 Å². The molecule has 4 rings (SSSR count). The van der Waals surface area contributed by atoms with E-state index in [2.05, 4.69) is 52.1 Å². The average Bonchev–Trinajstić information content (AvgIpc) is 3.13. The molecule has 0 amide bonds. The summed E-state index contributed by atoms with van der Waals surface area (Å²) in [6.45, 7) is 3.92. The number of ether oxygens (including phenoxy) is 1. The first-order chi connectivity index (χ1) is 12.0. The van der Waals surface area contributed by atoms with E-state index in [-0.39, 0.29) is 12.0 Å². The Morgan fingerprint density at radius 1 is 1.16 bits per heavy atom. The van der Waals surface area contributed by atoms with Gasteiger partial charge in [0.05, 0.1) is 19.0 Å². The largest absolute Gasteiger partial charge is 0.376 e. The fraction of sp³-hybridized carbons (Fsp3) is 0.474. The van der Waals surface area contributed by atoms with E-state index in [9.17, 15) is 8.42 Å². The van der Waals surface area contributed by atoms with Gasteiger partial charge in [-0.1, -0.05) is 42.5 Å². The normalized spacial score (nSPS) is 27.0. The highest BCUT2D eigenvalue weighted by Crippen LogP contribution is 2.34. The van der Waals surface area contributed by atoms with Crippen LogP contribution in [0.4, 0.5) is 0 Å². The van der Waals surface area contributed by atoms with Crippen molar-refractivity contribution in [3.05, 3.63) is 48.0 Å². The second-order valence-corrected chi connectivity index (χ2v) is 9.08. The topological polar surface area (TPSA) is 58.6 Å². The molecule has 1 N–H and O–H groups in total. The van der Waals surface area contributed by atoms with Crippen molar-refractivity contribution < 1.29 is 13.2 Å². The van der Waals surface area contributed by atoms with E-state index in [4.69, 9.17) is 4.74 Å². The number of likely N-dealkylation sites (tertiary alicyclic amines) is 1. The van der Waals surface area contributed by atoms with Gasteiger partial charge in [0.15, 0.2) is 0 Å². The van der Waals surface area contributed by atoms with Crippen LogP contribution in [0.1, 0.15) is 5.56 Å². The minimum atomic E-state index is -3.15. The van der Waals surface area contributed by atoms with E-state index in [1.807, 2.05) is 0 Å².